The van der Waals surface area contributed by atoms with Crippen LogP contribution in [0.2, 0.25) is 10.0 Å². The lowest BCUT2D eigenvalue weighted by atomic mass is 9.98. The number of anilines is 1. The van der Waals surface area contributed by atoms with E-state index in [1.807, 2.05) is 42.5 Å². The molecule has 1 heterocycles. The second-order valence-electron chi connectivity index (χ2n) is 5.93. The summed E-state index contributed by atoms with van der Waals surface area (Å²) >= 11 is 12.1. The van der Waals surface area contributed by atoms with Gasteiger partial charge in [0, 0.05) is 38.4 Å². The number of hydrogen-bond donors (Lipinski definition) is 2. The van der Waals surface area contributed by atoms with Gasteiger partial charge >= 0.3 is 0 Å². The van der Waals surface area contributed by atoms with E-state index in [-0.39, 0.29) is 6.04 Å². The normalized spacial score (nSPS) is 12.2. The van der Waals surface area contributed by atoms with Gasteiger partial charge in [0.1, 0.15) is 0 Å². The summed E-state index contributed by atoms with van der Waals surface area (Å²) in [7, 11) is 0. The van der Waals surface area contributed by atoms with Gasteiger partial charge in [-0.25, -0.2) is 0 Å². The van der Waals surface area contributed by atoms with Gasteiger partial charge in [-0.15, -0.1) is 0 Å². The molecule has 0 saturated heterocycles. The summed E-state index contributed by atoms with van der Waals surface area (Å²) in [4.78, 5) is 3.36. The van der Waals surface area contributed by atoms with E-state index in [9.17, 15) is 0 Å². The number of hydrogen-bond acceptors (Lipinski definition) is 1. The van der Waals surface area contributed by atoms with Crippen LogP contribution in [0.25, 0.3) is 10.9 Å². The summed E-state index contributed by atoms with van der Waals surface area (Å²) in [6.07, 6.45) is 2.06. The average molecular weight is 367 g/mol. The third kappa shape index (κ3) is 3.37. The fourth-order valence-corrected chi connectivity index (χ4v) is 3.29. The standard InChI is InChI=1S/C21H16Cl2N2/c22-15-7-5-14(6-8-15)21(25-17-11-9-16(23)10-12-17)19-13-24-20-4-2-1-3-18(19)20/h1-13,21,24-25H. The van der Waals surface area contributed by atoms with E-state index in [4.69, 9.17) is 23.2 Å². The van der Waals surface area contributed by atoms with Crippen LogP contribution in [0.1, 0.15) is 17.2 Å². The van der Waals surface area contributed by atoms with Crippen LogP contribution < -0.4 is 5.32 Å². The Morgan fingerprint density at radius 3 is 2.12 bits per heavy atom. The van der Waals surface area contributed by atoms with Crippen molar-refractivity contribution >= 4 is 39.8 Å². The molecule has 0 aliphatic rings. The summed E-state index contributed by atoms with van der Waals surface area (Å²) in [6.45, 7) is 0. The lowest BCUT2D eigenvalue weighted by Gasteiger charge is -2.20. The lowest BCUT2D eigenvalue weighted by Crippen LogP contribution is -2.12. The van der Waals surface area contributed by atoms with Gasteiger partial charge in [0.2, 0.25) is 0 Å². The van der Waals surface area contributed by atoms with Crippen LogP contribution in [0.3, 0.4) is 0 Å². The fourth-order valence-electron chi connectivity index (χ4n) is 3.04. The van der Waals surface area contributed by atoms with Crippen molar-refractivity contribution in [2.24, 2.45) is 0 Å². The molecule has 0 bridgehead atoms. The van der Waals surface area contributed by atoms with E-state index in [1.54, 1.807) is 0 Å². The molecule has 4 aromatic rings. The minimum absolute atomic E-state index is 0.00501. The van der Waals surface area contributed by atoms with E-state index < -0.39 is 0 Å². The average Bonchev–Trinajstić information content (AvgIpc) is 3.06. The van der Waals surface area contributed by atoms with Gasteiger partial charge in [-0.05, 0) is 48.0 Å². The Kier molecular flexibility index (Phi) is 4.39. The Balaban J connectivity index is 1.80. The summed E-state index contributed by atoms with van der Waals surface area (Å²) in [6, 6.07) is 24.0. The van der Waals surface area contributed by atoms with Crippen LogP contribution in [0.5, 0.6) is 0 Å². The van der Waals surface area contributed by atoms with Gasteiger partial charge < -0.3 is 10.3 Å². The van der Waals surface area contributed by atoms with Crippen molar-refractivity contribution in [3.05, 3.63) is 100 Å². The first-order valence-corrected chi connectivity index (χ1v) is 8.80. The van der Waals surface area contributed by atoms with Crippen LogP contribution in [0.4, 0.5) is 5.69 Å². The van der Waals surface area contributed by atoms with Gasteiger partial charge in [0.25, 0.3) is 0 Å². The van der Waals surface area contributed by atoms with Crippen molar-refractivity contribution in [2.45, 2.75) is 6.04 Å². The minimum atomic E-state index is -0.00501. The van der Waals surface area contributed by atoms with Crippen molar-refractivity contribution in [3.8, 4) is 0 Å². The second kappa shape index (κ2) is 6.83. The Hall–Kier alpha value is -2.42. The molecule has 25 heavy (non-hydrogen) atoms. The van der Waals surface area contributed by atoms with Crippen LogP contribution in [0.15, 0.2) is 79.0 Å². The summed E-state index contributed by atoms with van der Waals surface area (Å²) in [5.74, 6) is 0. The minimum Gasteiger partial charge on any atom is -0.374 e. The molecule has 0 radical (unpaired) electrons. The van der Waals surface area contributed by atoms with Crippen molar-refractivity contribution in [3.63, 3.8) is 0 Å². The van der Waals surface area contributed by atoms with E-state index in [1.165, 1.54) is 10.9 Å². The van der Waals surface area contributed by atoms with Crippen LogP contribution in [0, 0.1) is 0 Å². The van der Waals surface area contributed by atoms with E-state index in [0.717, 1.165) is 26.8 Å². The lowest BCUT2D eigenvalue weighted by molar-refractivity contribution is 0.949. The third-order valence-electron chi connectivity index (χ3n) is 4.29. The number of rotatable bonds is 4. The van der Waals surface area contributed by atoms with E-state index in [0.29, 0.717) is 0 Å². The molecule has 0 saturated carbocycles. The summed E-state index contributed by atoms with van der Waals surface area (Å²) < 4.78 is 0. The number of fused-ring (bicyclic) bond motifs is 1. The number of para-hydroxylation sites is 1. The third-order valence-corrected chi connectivity index (χ3v) is 4.79. The van der Waals surface area contributed by atoms with Gasteiger partial charge in [-0.3, -0.25) is 0 Å². The Bertz CT molecular complexity index is 989. The van der Waals surface area contributed by atoms with Gasteiger partial charge in [-0.2, -0.15) is 0 Å². The van der Waals surface area contributed by atoms with E-state index in [2.05, 4.69) is 46.8 Å². The molecule has 124 valence electrons. The molecule has 1 atom stereocenters. The molecule has 0 amide bonds. The first-order valence-electron chi connectivity index (χ1n) is 8.04. The first kappa shape index (κ1) is 16.1. The number of aromatic amines is 1. The maximum atomic E-state index is 6.07. The molecule has 3 aromatic carbocycles. The molecular weight excluding hydrogens is 351 g/mol. The summed E-state index contributed by atoms with van der Waals surface area (Å²) in [5.41, 5.74) is 4.46. The Labute approximate surface area is 156 Å². The molecule has 1 unspecified atom stereocenters. The largest absolute Gasteiger partial charge is 0.374 e. The highest BCUT2D eigenvalue weighted by Gasteiger charge is 2.18. The van der Waals surface area contributed by atoms with Crippen LogP contribution in [-0.4, -0.2) is 4.98 Å². The maximum Gasteiger partial charge on any atom is 0.0788 e. The van der Waals surface area contributed by atoms with Crippen LogP contribution >= 0.6 is 23.2 Å². The van der Waals surface area contributed by atoms with E-state index >= 15 is 0 Å². The summed E-state index contributed by atoms with van der Waals surface area (Å²) in [5, 5.41) is 6.27. The van der Waals surface area contributed by atoms with Gasteiger partial charge in [-0.1, -0.05) is 53.5 Å². The number of benzene rings is 3. The Morgan fingerprint density at radius 2 is 1.40 bits per heavy atom. The molecule has 0 aliphatic carbocycles. The number of nitrogens with one attached hydrogen (secondary N) is 2. The quantitative estimate of drug-likeness (QED) is 0.414. The second-order valence-corrected chi connectivity index (χ2v) is 6.80. The van der Waals surface area contributed by atoms with Crippen molar-refractivity contribution in [1.82, 2.24) is 4.98 Å². The van der Waals surface area contributed by atoms with Gasteiger partial charge in [0.15, 0.2) is 0 Å². The maximum absolute atomic E-state index is 6.07. The topological polar surface area (TPSA) is 27.8 Å². The predicted molar refractivity (Wildman–Crippen MR) is 107 cm³/mol. The highest BCUT2D eigenvalue weighted by atomic mass is 35.5. The highest BCUT2D eigenvalue weighted by molar-refractivity contribution is 6.30. The predicted octanol–water partition coefficient (Wildman–Crippen LogP) is 6.68. The molecule has 0 aliphatic heterocycles. The Morgan fingerprint density at radius 1 is 0.760 bits per heavy atom. The molecule has 2 nitrogen and oxygen atoms in total. The first-order chi connectivity index (χ1) is 12.2. The zero-order valence-corrected chi connectivity index (χ0v) is 14.9. The smallest absolute Gasteiger partial charge is 0.0788 e. The molecule has 4 rings (SSSR count). The monoisotopic (exact) mass is 366 g/mol. The molecule has 2 N–H and O–H groups in total. The SMILES string of the molecule is Clc1ccc(NC(c2ccc(Cl)cc2)c2c[nH]c3ccccc23)cc1. The van der Waals surface area contributed by atoms with Crippen LogP contribution in [-0.2, 0) is 0 Å². The molecule has 4 heteroatoms. The van der Waals surface area contributed by atoms with Gasteiger partial charge in [0.05, 0.1) is 6.04 Å². The highest BCUT2D eigenvalue weighted by Crippen LogP contribution is 2.32. The number of aromatic nitrogens is 1. The molecule has 0 fully saturated rings. The van der Waals surface area contributed by atoms with Crippen molar-refractivity contribution in [1.29, 1.82) is 0 Å². The molecular formula is C21H16Cl2N2. The number of H-pyrrole nitrogens is 1. The molecule has 0 spiro atoms. The zero-order chi connectivity index (χ0) is 17.2. The zero-order valence-electron chi connectivity index (χ0n) is 13.3. The van der Waals surface area contributed by atoms with Crippen molar-refractivity contribution < 1.29 is 0 Å². The fraction of sp³-hybridized carbons (Fsp3) is 0.0476. The number of halogens is 2. The molecule has 1 aromatic heterocycles. The van der Waals surface area contributed by atoms with Crippen molar-refractivity contribution in [2.75, 3.05) is 5.32 Å².